The summed E-state index contributed by atoms with van der Waals surface area (Å²) >= 11 is 0. The van der Waals surface area contributed by atoms with Gasteiger partial charge in [0.2, 0.25) is 0 Å². The van der Waals surface area contributed by atoms with Gasteiger partial charge in [-0.3, -0.25) is 0 Å². The molecule has 0 saturated heterocycles. The molecule has 0 amide bonds. The van der Waals surface area contributed by atoms with Crippen molar-refractivity contribution in [2.75, 3.05) is 4.90 Å². The molecule has 0 heterocycles. The van der Waals surface area contributed by atoms with E-state index < -0.39 is 24.2 Å². The minimum absolute atomic E-state index is 0.119. The lowest BCUT2D eigenvalue weighted by molar-refractivity contribution is 1.28. The SMILES string of the molecule is [2H]c1c([2H])c(N(c2cccc(-c3cccc4ccccc34)c2)c2c([2H])c([2H])c(-c3cc4ccccc4c4ccccc34)c([2H])c2[2H])c([2H])c([2H])c1-c1cc2ccccc2c2ccccc12. The molecule has 0 bridgehead atoms. The van der Waals surface area contributed by atoms with Crippen molar-refractivity contribution in [1.29, 1.82) is 0 Å². The molecule has 0 aliphatic rings. The molecule has 0 aliphatic carbocycles. The van der Waals surface area contributed by atoms with E-state index in [4.69, 9.17) is 0 Å². The highest BCUT2D eigenvalue weighted by atomic mass is 15.1. The van der Waals surface area contributed by atoms with Gasteiger partial charge in [-0.05, 0) is 136 Å². The average Bonchev–Trinajstić information content (AvgIpc) is 3.34. The summed E-state index contributed by atoms with van der Waals surface area (Å²) in [7, 11) is 0. The van der Waals surface area contributed by atoms with Crippen LogP contribution in [0.4, 0.5) is 17.1 Å². The predicted octanol–water partition coefficient (Wildman–Crippen LogP) is 15.9. The van der Waals surface area contributed by atoms with Crippen molar-refractivity contribution in [2.45, 2.75) is 0 Å². The van der Waals surface area contributed by atoms with Crippen LogP contribution in [0, 0.1) is 0 Å². The van der Waals surface area contributed by atoms with Crippen LogP contribution in [0.15, 0.2) is 224 Å². The summed E-state index contributed by atoms with van der Waals surface area (Å²) in [4.78, 5) is 1.39. The minimum atomic E-state index is -0.393. The van der Waals surface area contributed by atoms with Gasteiger partial charge >= 0.3 is 0 Å². The molecular formula is C56H37N. The molecule has 0 fully saturated rings. The van der Waals surface area contributed by atoms with E-state index in [1.807, 2.05) is 170 Å². The molecule has 0 saturated carbocycles. The third kappa shape index (κ3) is 5.72. The largest absolute Gasteiger partial charge is 0.310 e. The smallest absolute Gasteiger partial charge is 0.0645 e. The first kappa shape index (κ1) is 25.6. The highest BCUT2D eigenvalue weighted by Crippen LogP contribution is 2.42. The first-order chi connectivity index (χ1) is 31.6. The molecule has 0 radical (unpaired) electrons. The first-order valence-corrected chi connectivity index (χ1v) is 19.0. The summed E-state index contributed by atoms with van der Waals surface area (Å²) in [6.07, 6.45) is 0. The third-order valence-electron chi connectivity index (χ3n) is 11.0. The van der Waals surface area contributed by atoms with E-state index in [0.29, 0.717) is 16.8 Å². The zero-order valence-electron chi connectivity index (χ0n) is 38.7. The Balaban J connectivity index is 1.19. The quantitative estimate of drug-likeness (QED) is 0.154. The molecule has 1 nitrogen and oxygen atoms in total. The normalized spacial score (nSPS) is 13.5. The second-order valence-electron chi connectivity index (χ2n) is 14.2. The van der Waals surface area contributed by atoms with Crippen molar-refractivity contribution in [3.63, 3.8) is 0 Å². The molecule has 1 heteroatoms. The van der Waals surface area contributed by atoms with Crippen molar-refractivity contribution < 1.29 is 11.0 Å². The number of nitrogens with zero attached hydrogens (tertiary/aromatic N) is 1. The van der Waals surface area contributed by atoms with E-state index in [9.17, 15) is 11.0 Å². The van der Waals surface area contributed by atoms with E-state index >= 15 is 0 Å². The highest BCUT2D eigenvalue weighted by molar-refractivity contribution is 6.15. The first-order valence-electron chi connectivity index (χ1n) is 23.0. The number of anilines is 3. The fourth-order valence-corrected chi connectivity index (χ4v) is 8.29. The molecule has 0 N–H and O–H groups in total. The zero-order chi connectivity index (χ0) is 44.7. The number of benzene rings is 11. The summed E-state index contributed by atoms with van der Waals surface area (Å²) in [5.41, 5.74) is 2.94. The van der Waals surface area contributed by atoms with Crippen LogP contribution in [0.5, 0.6) is 0 Å². The van der Waals surface area contributed by atoms with Crippen LogP contribution >= 0.6 is 0 Å². The van der Waals surface area contributed by atoms with Crippen LogP contribution in [0.2, 0.25) is 0 Å². The van der Waals surface area contributed by atoms with Gasteiger partial charge in [-0.2, -0.15) is 0 Å². The summed E-state index contributed by atoms with van der Waals surface area (Å²) in [5, 5.41) is 9.17. The summed E-state index contributed by atoms with van der Waals surface area (Å²) < 4.78 is 77.9. The zero-order valence-corrected chi connectivity index (χ0v) is 30.7. The fourth-order valence-electron chi connectivity index (χ4n) is 8.29. The van der Waals surface area contributed by atoms with Gasteiger partial charge in [0, 0.05) is 17.1 Å². The van der Waals surface area contributed by atoms with E-state index in [1.165, 1.54) is 4.90 Å². The highest BCUT2D eigenvalue weighted by Gasteiger charge is 2.17. The number of fused-ring (bicyclic) bond motifs is 7. The summed E-state index contributed by atoms with van der Waals surface area (Å²) in [6.45, 7) is 0. The number of hydrogen-bond acceptors (Lipinski definition) is 1. The Morgan fingerprint density at radius 1 is 0.263 bits per heavy atom. The van der Waals surface area contributed by atoms with Crippen molar-refractivity contribution in [3.05, 3.63) is 224 Å². The lowest BCUT2D eigenvalue weighted by Crippen LogP contribution is -2.10. The fraction of sp³-hybridized carbons (Fsp3) is 0. The molecule has 11 aromatic rings. The lowest BCUT2D eigenvalue weighted by atomic mass is 9.93. The van der Waals surface area contributed by atoms with Crippen molar-refractivity contribution >= 4 is 70.9 Å². The van der Waals surface area contributed by atoms with Gasteiger partial charge < -0.3 is 4.90 Å². The Kier molecular flexibility index (Phi) is 6.13. The molecule has 11 rings (SSSR count). The lowest BCUT2D eigenvalue weighted by Gasteiger charge is -2.27. The summed E-state index contributed by atoms with van der Waals surface area (Å²) in [6, 6.07) is 53.6. The van der Waals surface area contributed by atoms with Crippen LogP contribution in [-0.2, 0) is 0 Å². The molecule has 57 heavy (non-hydrogen) atoms. The van der Waals surface area contributed by atoms with Gasteiger partial charge in [-0.25, -0.2) is 0 Å². The Labute approximate surface area is 343 Å². The minimum Gasteiger partial charge on any atom is -0.310 e. The molecule has 11 aromatic carbocycles. The van der Waals surface area contributed by atoms with Crippen molar-refractivity contribution in [3.8, 4) is 33.4 Å². The van der Waals surface area contributed by atoms with Crippen LogP contribution in [0.25, 0.3) is 87.2 Å². The maximum Gasteiger partial charge on any atom is 0.0645 e. The molecule has 0 atom stereocenters. The van der Waals surface area contributed by atoms with Crippen LogP contribution in [0.3, 0.4) is 0 Å². The molecule has 0 aliphatic heterocycles. The third-order valence-corrected chi connectivity index (χ3v) is 11.0. The molecule has 0 spiro atoms. The monoisotopic (exact) mass is 731 g/mol. The van der Waals surface area contributed by atoms with Crippen LogP contribution < -0.4 is 4.90 Å². The maximum absolute atomic E-state index is 9.79. The standard InChI is InChI=1S/C56H37N/c1-4-19-47-38(13-1)16-12-26-48(47)41-17-11-18-46(35-41)57(44-31-27-39(28-32-44)55-36-42-14-2-5-20-49(42)51-22-7-9-24-53(51)55)45-33-29-40(30-34-45)56-37-43-15-3-6-21-50(43)52-23-8-10-25-54(52)56/h1-37H/i27D,28D,29D,30D,31D,32D,33D,34D. The Hall–Kier alpha value is -7.48. The predicted molar refractivity (Wildman–Crippen MR) is 245 cm³/mol. The van der Waals surface area contributed by atoms with Crippen molar-refractivity contribution in [1.82, 2.24) is 0 Å². The Morgan fingerprint density at radius 2 is 0.684 bits per heavy atom. The van der Waals surface area contributed by atoms with Gasteiger partial charge in [0.15, 0.2) is 0 Å². The second kappa shape index (κ2) is 13.7. The van der Waals surface area contributed by atoms with E-state index in [-0.39, 0.29) is 46.7 Å². The molecule has 0 aromatic heterocycles. The molecule has 0 unspecified atom stereocenters. The second-order valence-corrected chi connectivity index (χ2v) is 14.2. The van der Waals surface area contributed by atoms with E-state index in [0.717, 1.165) is 65.0 Å². The Morgan fingerprint density at radius 3 is 1.23 bits per heavy atom. The number of hydrogen-bond donors (Lipinski definition) is 0. The van der Waals surface area contributed by atoms with Gasteiger partial charge in [0.05, 0.1) is 11.0 Å². The van der Waals surface area contributed by atoms with Crippen LogP contribution in [-0.4, -0.2) is 0 Å². The average molecular weight is 732 g/mol. The maximum atomic E-state index is 9.79. The van der Waals surface area contributed by atoms with E-state index in [2.05, 4.69) is 0 Å². The molecular weight excluding hydrogens is 687 g/mol. The number of rotatable bonds is 6. The van der Waals surface area contributed by atoms with Gasteiger partial charge in [0.25, 0.3) is 0 Å². The van der Waals surface area contributed by atoms with Crippen molar-refractivity contribution in [2.24, 2.45) is 0 Å². The van der Waals surface area contributed by atoms with E-state index in [1.54, 1.807) is 6.07 Å². The Bertz CT molecular complexity index is 3540. The topological polar surface area (TPSA) is 3.24 Å². The summed E-state index contributed by atoms with van der Waals surface area (Å²) in [5.74, 6) is 0. The van der Waals surface area contributed by atoms with Gasteiger partial charge in [-0.15, -0.1) is 0 Å². The van der Waals surface area contributed by atoms with Gasteiger partial charge in [0.1, 0.15) is 0 Å². The van der Waals surface area contributed by atoms with Crippen LogP contribution in [0.1, 0.15) is 11.0 Å². The molecule has 266 valence electrons. The van der Waals surface area contributed by atoms with Gasteiger partial charge in [-0.1, -0.05) is 176 Å².